The molecule has 4 rings (SSSR count). The van der Waals surface area contributed by atoms with Gasteiger partial charge in [-0.05, 0) is 52.9 Å². The predicted octanol–water partition coefficient (Wildman–Crippen LogP) is 3.80. The zero-order valence-electron chi connectivity index (χ0n) is 31.9. The van der Waals surface area contributed by atoms with Crippen molar-refractivity contribution in [3.05, 3.63) is 29.0 Å². The highest BCUT2D eigenvalue weighted by Gasteiger charge is 2.48. The Kier molecular flexibility index (Phi) is 13.1. The SMILES string of the molecule is C=CCNC(=O)C(=O)C(CC1CCC1)NC(=O)[C@@H]1[C@@H](C(C)C)CCN1C(=O)[C@@H](NC(=O)N[C@H](CN1Cc2sccc2S1(=O)=O)C(C)(C)C)C(C)(C)C. The smallest absolute Gasteiger partial charge is 0.315 e. The first kappa shape index (κ1) is 41.5. The van der Waals surface area contributed by atoms with Gasteiger partial charge in [0.2, 0.25) is 27.6 Å². The highest BCUT2D eigenvalue weighted by Crippen LogP contribution is 2.37. The molecular weight excluding hydrogens is 705 g/mol. The van der Waals surface area contributed by atoms with Crippen molar-refractivity contribution in [2.45, 2.75) is 123 Å². The molecule has 13 nitrogen and oxygen atoms in total. The molecule has 2 fully saturated rings. The zero-order valence-corrected chi connectivity index (χ0v) is 33.5. The Balaban J connectivity index is 1.53. The average Bonchev–Trinajstić information content (AvgIpc) is 3.74. The van der Waals surface area contributed by atoms with Crippen molar-refractivity contribution in [2.75, 3.05) is 19.6 Å². The van der Waals surface area contributed by atoms with Gasteiger partial charge < -0.3 is 26.2 Å². The first-order valence-electron chi connectivity index (χ1n) is 18.3. The number of ketones is 1. The van der Waals surface area contributed by atoms with Crippen molar-refractivity contribution in [3.8, 4) is 0 Å². The van der Waals surface area contributed by atoms with Crippen molar-refractivity contribution in [1.29, 1.82) is 0 Å². The van der Waals surface area contributed by atoms with Crippen LogP contribution in [-0.4, -0.2) is 91.0 Å². The van der Waals surface area contributed by atoms with Gasteiger partial charge in [0.15, 0.2) is 0 Å². The number of thiophene rings is 1. The Morgan fingerprint density at radius 2 is 1.67 bits per heavy atom. The van der Waals surface area contributed by atoms with Crippen LogP contribution in [-0.2, 0) is 35.7 Å². The number of carbonyl (C=O) groups is 5. The largest absolute Gasteiger partial charge is 0.346 e. The fourth-order valence-electron chi connectivity index (χ4n) is 7.16. The molecule has 4 N–H and O–H groups in total. The topological polar surface area (TPSA) is 174 Å². The summed E-state index contributed by atoms with van der Waals surface area (Å²) in [6.07, 6.45) is 5.22. The van der Waals surface area contributed by atoms with Crippen LogP contribution in [0.3, 0.4) is 0 Å². The predicted molar refractivity (Wildman–Crippen MR) is 201 cm³/mol. The van der Waals surface area contributed by atoms with E-state index in [4.69, 9.17) is 0 Å². The number of sulfonamides is 1. The van der Waals surface area contributed by atoms with E-state index >= 15 is 0 Å². The fraction of sp³-hybridized carbons (Fsp3) is 0.703. The van der Waals surface area contributed by atoms with E-state index in [0.717, 1.165) is 24.1 Å². The van der Waals surface area contributed by atoms with E-state index in [2.05, 4.69) is 27.8 Å². The molecule has 3 aliphatic rings. The standard InChI is InChI=1S/C37H58N6O7S2/c1-10-16-38-33(46)30(44)25(19-23-12-11-13-23)39-32(45)29-24(22(2)3)14-17-43(29)34(47)31(37(7,8)9)41-35(48)40-28(36(4,5)6)21-42-20-26-27(15-18-51-26)52(42,49)50/h10,15,18,22-25,28-29,31H,1,11-14,16-17,19-21H2,2-9H3,(H,38,46)(H,39,45)(H2,40,41,48)/t24-,25?,28-,29+,31-/m1/s1. The van der Waals surface area contributed by atoms with Gasteiger partial charge in [0.25, 0.3) is 5.91 Å². The molecule has 15 heteroatoms. The van der Waals surface area contributed by atoms with E-state index in [1.165, 1.54) is 26.6 Å². The molecule has 5 atom stereocenters. The number of nitrogens with zero attached hydrogens (tertiary/aromatic N) is 2. The molecule has 1 saturated heterocycles. The van der Waals surface area contributed by atoms with E-state index in [0.29, 0.717) is 17.7 Å². The van der Waals surface area contributed by atoms with E-state index in [1.807, 2.05) is 55.4 Å². The van der Waals surface area contributed by atoms with Crippen molar-refractivity contribution >= 4 is 50.9 Å². The number of hydrogen-bond acceptors (Lipinski definition) is 8. The second-order valence-electron chi connectivity index (χ2n) is 17.0. The molecule has 0 aromatic carbocycles. The number of carbonyl (C=O) groups excluding carboxylic acids is 5. The summed E-state index contributed by atoms with van der Waals surface area (Å²) < 4.78 is 27.8. The second-order valence-corrected chi connectivity index (χ2v) is 19.9. The van der Waals surface area contributed by atoms with E-state index in [1.54, 1.807) is 11.4 Å². The molecule has 290 valence electrons. The summed E-state index contributed by atoms with van der Waals surface area (Å²) in [5, 5.41) is 13.0. The molecule has 2 aliphatic heterocycles. The van der Waals surface area contributed by atoms with Gasteiger partial charge in [-0.25, -0.2) is 13.2 Å². The molecule has 1 aromatic heterocycles. The first-order chi connectivity index (χ1) is 24.2. The monoisotopic (exact) mass is 762 g/mol. The van der Waals surface area contributed by atoms with Crippen LogP contribution in [0, 0.1) is 28.6 Å². The average molecular weight is 763 g/mol. The quantitative estimate of drug-likeness (QED) is 0.165. The highest BCUT2D eigenvalue weighted by atomic mass is 32.2. The van der Waals surface area contributed by atoms with Gasteiger partial charge in [0.05, 0.1) is 10.9 Å². The minimum absolute atomic E-state index is 0.0220. The number of fused-ring (bicyclic) bond motifs is 1. The number of urea groups is 1. The van der Waals surface area contributed by atoms with Gasteiger partial charge in [0, 0.05) is 37.1 Å². The van der Waals surface area contributed by atoms with Gasteiger partial charge in [0.1, 0.15) is 12.1 Å². The second kappa shape index (κ2) is 16.4. The summed E-state index contributed by atoms with van der Waals surface area (Å²) in [4.78, 5) is 71.0. The van der Waals surface area contributed by atoms with Gasteiger partial charge >= 0.3 is 6.03 Å². The van der Waals surface area contributed by atoms with E-state index < -0.39 is 74.6 Å². The molecule has 5 amide bonds. The summed E-state index contributed by atoms with van der Waals surface area (Å²) in [7, 11) is -3.69. The fourth-order valence-corrected chi connectivity index (χ4v) is 10.1. The maximum Gasteiger partial charge on any atom is 0.315 e. The third kappa shape index (κ3) is 9.43. The van der Waals surface area contributed by atoms with E-state index in [9.17, 15) is 32.4 Å². The van der Waals surface area contributed by atoms with Crippen molar-refractivity contribution in [2.24, 2.45) is 28.6 Å². The van der Waals surface area contributed by atoms with Gasteiger partial charge in [-0.15, -0.1) is 17.9 Å². The summed E-state index contributed by atoms with van der Waals surface area (Å²) in [5.74, 6) is -2.43. The van der Waals surface area contributed by atoms with Crippen LogP contribution in [0.25, 0.3) is 0 Å². The van der Waals surface area contributed by atoms with Crippen LogP contribution in [0.4, 0.5) is 4.79 Å². The lowest BCUT2D eigenvalue weighted by molar-refractivity contribution is -0.145. The maximum absolute atomic E-state index is 14.5. The first-order valence-corrected chi connectivity index (χ1v) is 20.7. The number of nitrogens with one attached hydrogen (secondary N) is 4. The van der Waals surface area contributed by atoms with Crippen molar-refractivity contribution in [3.63, 3.8) is 0 Å². The maximum atomic E-state index is 14.5. The lowest BCUT2D eigenvalue weighted by Gasteiger charge is -2.38. The normalized spacial score (nSPS) is 22.1. The lowest BCUT2D eigenvalue weighted by atomic mass is 9.80. The van der Waals surface area contributed by atoms with Crippen LogP contribution in [0.15, 0.2) is 29.0 Å². The minimum Gasteiger partial charge on any atom is -0.346 e. The summed E-state index contributed by atoms with van der Waals surface area (Å²) in [5.41, 5.74) is -1.32. The summed E-state index contributed by atoms with van der Waals surface area (Å²) in [6.45, 7) is 19.4. The Bertz CT molecular complexity index is 1620. The van der Waals surface area contributed by atoms with Crippen LogP contribution in [0.2, 0.25) is 0 Å². The number of rotatable bonds is 14. The van der Waals surface area contributed by atoms with Crippen molar-refractivity contribution < 1.29 is 32.4 Å². The Morgan fingerprint density at radius 1 is 1.00 bits per heavy atom. The molecule has 0 radical (unpaired) electrons. The third-order valence-corrected chi connectivity index (χ3v) is 13.6. The number of hydrogen-bond donors (Lipinski definition) is 4. The molecule has 1 aromatic rings. The van der Waals surface area contributed by atoms with Crippen LogP contribution >= 0.6 is 11.3 Å². The molecule has 3 heterocycles. The highest BCUT2D eigenvalue weighted by molar-refractivity contribution is 7.89. The van der Waals surface area contributed by atoms with E-state index in [-0.39, 0.29) is 43.9 Å². The molecular formula is C37H58N6O7S2. The Morgan fingerprint density at radius 3 is 2.21 bits per heavy atom. The Hall–Kier alpha value is -3.30. The third-order valence-electron chi connectivity index (χ3n) is 10.7. The summed E-state index contributed by atoms with van der Waals surface area (Å²) >= 11 is 1.38. The number of likely N-dealkylation sites (tertiary alicyclic amines) is 1. The van der Waals surface area contributed by atoms with Crippen LogP contribution < -0.4 is 21.3 Å². The Labute approximate surface area is 313 Å². The van der Waals surface area contributed by atoms with Gasteiger partial charge in [-0.1, -0.05) is 80.7 Å². The van der Waals surface area contributed by atoms with Gasteiger partial charge in [-0.3, -0.25) is 19.2 Å². The van der Waals surface area contributed by atoms with Crippen molar-refractivity contribution in [1.82, 2.24) is 30.5 Å². The molecule has 1 saturated carbocycles. The molecule has 0 bridgehead atoms. The number of Topliss-reactive ketones (excluding diaryl/α,β-unsaturated/α-hetero) is 1. The van der Waals surface area contributed by atoms with Crippen LogP contribution in [0.5, 0.6) is 0 Å². The molecule has 0 spiro atoms. The van der Waals surface area contributed by atoms with Crippen LogP contribution in [0.1, 0.15) is 92.4 Å². The molecule has 52 heavy (non-hydrogen) atoms. The zero-order chi connectivity index (χ0) is 38.8. The van der Waals surface area contributed by atoms with Gasteiger partial charge in [-0.2, -0.15) is 4.31 Å². The minimum atomic E-state index is -3.69. The number of amides is 5. The molecule has 1 aliphatic carbocycles. The lowest BCUT2D eigenvalue weighted by Crippen LogP contribution is -2.62. The summed E-state index contributed by atoms with van der Waals surface area (Å²) in [6, 6.07) is -2.62. The molecule has 1 unspecified atom stereocenters.